The molecule has 0 saturated heterocycles. The number of benzene rings is 1. The van der Waals surface area contributed by atoms with E-state index in [2.05, 4.69) is 41.7 Å². The molecule has 5 heteroatoms. The first-order valence-corrected chi connectivity index (χ1v) is 7.36. The fraction of sp³-hybridized carbons (Fsp3) is 0.333. The van der Waals surface area contributed by atoms with Gasteiger partial charge in [-0.15, -0.1) is 0 Å². The van der Waals surface area contributed by atoms with Gasteiger partial charge in [-0.2, -0.15) is 0 Å². The number of allylic oxidation sites excluding steroid dienone is 2. The summed E-state index contributed by atoms with van der Waals surface area (Å²) in [5, 5.41) is 13.9. The summed E-state index contributed by atoms with van der Waals surface area (Å²) in [5.74, 6) is 0. The van der Waals surface area contributed by atoms with Crippen LogP contribution >= 0.6 is 0 Å². The summed E-state index contributed by atoms with van der Waals surface area (Å²) in [6.45, 7) is 6.12. The Labute approximate surface area is 140 Å². The Morgan fingerprint density at radius 1 is 1.26 bits per heavy atom. The number of hydrogen-bond acceptors (Lipinski definition) is 4. The highest BCUT2D eigenvalue weighted by Gasteiger charge is 1.88. The van der Waals surface area contributed by atoms with Gasteiger partial charge >= 0.3 is 6.09 Å². The molecule has 0 aliphatic carbocycles. The van der Waals surface area contributed by atoms with Crippen molar-refractivity contribution < 1.29 is 14.6 Å². The predicted molar refractivity (Wildman–Crippen MR) is 99.7 cm³/mol. The van der Waals surface area contributed by atoms with Crippen molar-refractivity contribution in [3.05, 3.63) is 47.5 Å². The molecule has 1 aromatic carbocycles. The molecule has 0 aliphatic rings. The van der Waals surface area contributed by atoms with Crippen molar-refractivity contribution in [2.24, 2.45) is 5.73 Å². The van der Waals surface area contributed by atoms with Crippen LogP contribution in [-0.4, -0.2) is 31.6 Å². The zero-order valence-corrected chi connectivity index (χ0v) is 14.7. The molecule has 23 heavy (non-hydrogen) atoms. The molecular weight excluding hydrogens is 292 g/mol. The predicted octanol–water partition coefficient (Wildman–Crippen LogP) is 4.12. The lowest BCUT2D eigenvalue weighted by Crippen LogP contribution is -2.08. The summed E-state index contributed by atoms with van der Waals surface area (Å²) in [5.41, 5.74) is 6.77. The van der Waals surface area contributed by atoms with Gasteiger partial charge in [0.25, 0.3) is 0 Å². The van der Waals surface area contributed by atoms with Crippen molar-refractivity contribution in [1.29, 1.82) is 5.41 Å². The van der Waals surface area contributed by atoms with Gasteiger partial charge in [0.05, 0.1) is 7.11 Å². The number of nitrogens with one attached hydrogen (secondary N) is 1. The highest BCUT2D eigenvalue weighted by Crippen LogP contribution is 2.08. The molecule has 5 nitrogen and oxygen atoms in total. The van der Waals surface area contributed by atoms with Crippen LogP contribution in [0.2, 0.25) is 0 Å². The minimum absolute atomic E-state index is 0.745. The van der Waals surface area contributed by atoms with Crippen LogP contribution in [0.3, 0.4) is 0 Å². The summed E-state index contributed by atoms with van der Waals surface area (Å²) in [6, 6.07) is 8.24. The Bertz CT molecular complexity index is 455. The number of rotatable bonds is 4. The highest BCUT2D eigenvalue weighted by molar-refractivity contribution is 5.76. The number of primary amides is 1. The normalized spacial score (nSPS) is 8.78. The standard InChI is InChI=1S/C13H15N.C2H5NO2.C2H6.CH4O/c1-2-3-6-12-7-4-8-13(11-12)9-5-10-14;1-5-2(3)4;2*1-2/h3-11,14H,2H2,1H3;1H3,(H2,3,4);1-2H3;2H,1H3/b6-3+,9-5+,14-10?;;;. The van der Waals surface area contributed by atoms with E-state index in [-0.39, 0.29) is 0 Å². The molecule has 0 saturated carbocycles. The van der Waals surface area contributed by atoms with Gasteiger partial charge in [0.2, 0.25) is 0 Å². The molecule has 0 aromatic heterocycles. The Morgan fingerprint density at radius 2 is 1.74 bits per heavy atom. The van der Waals surface area contributed by atoms with Gasteiger partial charge in [-0.05, 0) is 29.7 Å². The molecule has 130 valence electrons. The maximum absolute atomic E-state index is 9.37. The molecule has 0 aliphatic heterocycles. The monoisotopic (exact) mass is 322 g/mol. The molecule has 0 bridgehead atoms. The number of aliphatic hydroxyl groups is 1. The number of carbonyl (C=O) groups is 1. The lowest BCUT2D eigenvalue weighted by Gasteiger charge is -1.95. The van der Waals surface area contributed by atoms with Gasteiger partial charge < -0.3 is 21.0 Å². The van der Waals surface area contributed by atoms with E-state index in [0.29, 0.717) is 0 Å². The summed E-state index contributed by atoms with van der Waals surface area (Å²) < 4.78 is 3.89. The molecule has 4 N–H and O–H groups in total. The Hall–Kier alpha value is -2.40. The van der Waals surface area contributed by atoms with E-state index in [0.717, 1.165) is 19.1 Å². The minimum atomic E-state index is -0.745. The summed E-state index contributed by atoms with van der Waals surface area (Å²) in [7, 11) is 2.22. The number of ether oxygens (including phenoxy) is 1. The average Bonchev–Trinajstić information content (AvgIpc) is 2.62. The van der Waals surface area contributed by atoms with Crippen LogP contribution in [0.5, 0.6) is 0 Å². The smallest absolute Gasteiger partial charge is 0.404 e. The second-order valence-corrected chi connectivity index (χ2v) is 3.53. The van der Waals surface area contributed by atoms with Gasteiger partial charge in [-0.25, -0.2) is 4.79 Å². The first-order chi connectivity index (χ1) is 11.1. The number of carbonyl (C=O) groups excluding carboxylic acids is 1. The van der Waals surface area contributed by atoms with Gasteiger partial charge in [-0.1, -0.05) is 57.2 Å². The number of aliphatic hydroxyl groups excluding tert-OH is 1. The number of nitrogens with two attached hydrogens (primary N) is 1. The van der Waals surface area contributed by atoms with Crippen LogP contribution in [0.4, 0.5) is 4.79 Å². The SMILES string of the molecule is CC.CC/C=C/c1cccc(/C=C/C=N)c1.CO.COC(N)=O. The highest BCUT2D eigenvalue weighted by atomic mass is 16.5. The van der Waals surface area contributed by atoms with E-state index < -0.39 is 6.09 Å². The minimum Gasteiger partial charge on any atom is -0.453 e. The first kappa shape index (κ1) is 25.5. The third-order valence-electron chi connectivity index (χ3n) is 2.04. The Balaban J connectivity index is -0.000000375. The molecule has 0 atom stereocenters. The topological polar surface area (TPSA) is 96.4 Å². The molecule has 0 radical (unpaired) electrons. The number of hydrogen-bond donors (Lipinski definition) is 3. The van der Waals surface area contributed by atoms with Gasteiger partial charge in [0, 0.05) is 13.3 Å². The molecule has 1 aromatic rings. The van der Waals surface area contributed by atoms with E-state index >= 15 is 0 Å². The zero-order chi connectivity index (χ0) is 18.5. The van der Waals surface area contributed by atoms with Crippen molar-refractivity contribution in [2.45, 2.75) is 27.2 Å². The van der Waals surface area contributed by atoms with Crippen molar-refractivity contribution in [3.8, 4) is 0 Å². The number of amides is 1. The third-order valence-corrected chi connectivity index (χ3v) is 2.04. The van der Waals surface area contributed by atoms with E-state index in [1.165, 1.54) is 18.9 Å². The quantitative estimate of drug-likeness (QED) is 0.727. The van der Waals surface area contributed by atoms with Crippen LogP contribution in [0, 0.1) is 5.41 Å². The fourth-order valence-corrected chi connectivity index (χ4v) is 1.18. The van der Waals surface area contributed by atoms with Gasteiger partial charge in [0.15, 0.2) is 0 Å². The lowest BCUT2D eigenvalue weighted by atomic mass is 10.1. The molecule has 0 fully saturated rings. The van der Waals surface area contributed by atoms with Crippen molar-refractivity contribution in [1.82, 2.24) is 0 Å². The first-order valence-electron chi connectivity index (χ1n) is 7.36. The van der Waals surface area contributed by atoms with Crippen molar-refractivity contribution >= 4 is 24.5 Å². The van der Waals surface area contributed by atoms with Crippen LogP contribution in [-0.2, 0) is 4.74 Å². The van der Waals surface area contributed by atoms with Crippen LogP contribution in [0.25, 0.3) is 12.2 Å². The fourth-order valence-electron chi connectivity index (χ4n) is 1.18. The van der Waals surface area contributed by atoms with E-state index in [1.54, 1.807) is 6.08 Å². The van der Waals surface area contributed by atoms with Crippen LogP contribution in [0.15, 0.2) is 36.4 Å². The Kier molecular flexibility index (Phi) is 24.3. The third kappa shape index (κ3) is 19.6. The van der Waals surface area contributed by atoms with Crippen molar-refractivity contribution in [2.75, 3.05) is 14.2 Å². The molecule has 1 rings (SSSR count). The van der Waals surface area contributed by atoms with Crippen LogP contribution in [0.1, 0.15) is 38.3 Å². The molecule has 0 heterocycles. The lowest BCUT2D eigenvalue weighted by molar-refractivity contribution is 0.182. The molecule has 1 amide bonds. The van der Waals surface area contributed by atoms with Gasteiger partial charge in [-0.3, -0.25) is 0 Å². The maximum atomic E-state index is 9.37. The second kappa shape index (κ2) is 21.9. The second-order valence-electron chi connectivity index (χ2n) is 3.53. The summed E-state index contributed by atoms with van der Waals surface area (Å²) in [6.07, 6.45) is 9.50. The molecular formula is C18H30N2O3. The van der Waals surface area contributed by atoms with Crippen molar-refractivity contribution in [3.63, 3.8) is 0 Å². The van der Waals surface area contributed by atoms with Crippen LogP contribution < -0.4 is 5.73 Å². The molecule has 0 spiro atoms. The average molecular weight is 322 g/mol. The zero-order valence-electron chi connectivity index (χ0n) is 14.7. The Morgan fingerprint density at radius 3 is 2.13 bits per heavy atom. The maximum Gasteiger partial charge on any atom is 0.404 e. The number of methoxy groups -OCH3 is 1. The summed E-state index contributed by atoms with van der Waals surface area (Å²) >= 11 is 0. The summed E-state index contributed by atoms with van der Waals surface area (Å²) in [4.78, 5) is 9.37. The van der Waals surface area contributed by atoms with E-state index in [9.17, 15) is 4.79 Å². The largest absolute Gasteiger partial charge is 0.453 e. The molecule has 0 unspecified atom stereocenters. The van der Waals surface area contributed by atoms with Gasteiger partial charge in [0.1, 0.15) is 0 Å². The van der Waals surface area contributed by atoms with E-state index in [1.807, 2.05) is 32.1 Å². The van der Waals surface area contributed by atoms with E-state index in [4.69, 9.17) is 10.5 Å².